The van der Waals surface area contributed by atoms with Crippen molar-refractivity contribution in [2.24, 2.45) is 0 Å². The van der Waals surface area contributed by atoms with Gasteiger partial charge in [-0.3, -0.25) is 9.59 Å². The first-order valence-electron chi connectivity index (χ1n) is 11.5. The van der Waals surface area contributed by atoms with Crippen LogP contribution in [0.3, 0.4) is 0 Å². The molecule has 0 aliphatic carbocycles. The van der Waals surface area contributed by atoms with Crippen molar-refractivity contribution in [2.75, 3.05) is 86.6 Å². The molecule has 0 amide bonds. The minimum Gasteiger partial charge on any atom is -0.465 e. The van der Waals surface area contributed by atoms with Gasteiger partial charge in [0.1, 0.15) is 12.5 Å². The summed E-state index contributed by atoms with van der Waals surface area (Å²) in [6, 6.07) is 0. The van der Waals surface area contributed by atoms with Gasteiger partial charge in [-0.05, 0) is 6.42 Å². The van der Waals surface area contributed by atoms with Crippen molar-refractivity contribution in [3.05, 3.63) is 0 Å². The molecule has 0 atom stereocenters. The van der Waals surface area contributed by atoms with Crippen LogP contribution in [0.5, 0.6) is 0 Å². The number of carbonyl (C=O) groups excluding carboxylic acids is 2. The maximum atomic E-state index is 11.8. The first-order valence-corrected chi connectivity index (χ1v) is 20.7. The van der Waals surface area contributed by atoms with Gasteiger partial charge < -0.3 is 14.6 Å². The summed E-state index contributed by atoms with van der Waals surface area (Å²) in [4.78, 5) is 33.4. The van der Waals surface area contributed by atoms with Crippen molar-refractivity contribution in [3.8, 4) is 0 Å². The maximum absolute atomic E-state index is 11.8. The Morgan fingerprint density at radius 1 is 0.583 bits per heavy atom. The topological polar surface area (TPSA) is 91.3 Å². The normalized spacial score (nSPS) is 11.1. The zero-order valence-electron chi connectivity index (χ0n) is 20.9. The van der Waals surface area contributed by atoms with Gasteiger partial charge >= 0.3 is 11.9 Å². The highest BCUT2D eigenvalue weighted by atomic mass is 32.2. The van der Waals surface area contributed by atoms with Crippen LogP contribution in [-0.4, -0.2) is 104 Å². The molecule has 0 heterocycles. The molecule has 0 spiro atoms. The summed E-state index contributed by atoms with van der Waals surface area (Å²) >= 11 is 13.8. The standard InChI is InChI=1S/C21H40O7S8/c1-2-5-27-28-7-11-34-19-36-18-33-10-6-25-20(23)3-8-31-16-35-17-32-9-4-21(24)26-15-30-13-12-29-14-22/h22H,2-19H2,1H3. The van der Waals surface area contributed by atoms with Gasteiger partial charge in [-0.15, -0.1) is 70.6 Å². The quantitative estimate of drug-likeness (QED) is 0.0344. The van der Waals surface area contributed by atoms with Gasteiger partial charge in [-0.2, -0.15) is 23.5 Å². The van der Waals surface area contributed by atoms with E-state index in [1.807, 2.05) is 30.4 Å². The molecule has 0 radical (unpaired) electrons. The third kappa shape index (κ3) is 31.8. The van der Waals surface area contributed by atoms with Crippen molar-refractivity contribution in [2.45, 2.75) is 26.2 Å². The van der Waals surface area contributed by atoms with Crippen LogP contribution in [0.25, 0.3) is 0 Å². The summed E-state index contributed by atoms with van der Waals surface area (Å²) in [7, 11) is 0. The van der Waals surface area contributed by atoms with Gasteiger partial charge in [0.2, 0.25) is 0 Å². The van der Waals surface area contributed by atoms with Gasteiger partial charge in [-0.25, -0.2) is 9.78 Å². The van der Waals surface area contributed by atoms with Crippen LogP contribution in [-0.2, 0) is 28.8 Å². The first-order chi connectivity index (χ1) is 17.7. The summed E-state index contributed by atoms with van der Waals surface area (Å²) in [5, 5.41) is 12.5. The Hall–Kier alpha value is 1.62. The van der Waals surface area contributed by atoms with E-state index in [9.17, 15) is 9.59 Å². The van der Waals surface area contributed by atoms with E-state index in [0.717, 1.165) is 61.3 Å². The number of aliphatic hydroxyl groups excluding tert-OH is 1. The molecule has 1 N–H and O–H groups in total. The summed E-state index contributed by atoms with van der Waals surface area (Å²) in [5.41, 5.74) is 0. The Labute approximate surface area is 251 Å². The summed E-state index contributed by atoms with van der Waals surface area (Å²) in [6.07, 6.45) is 1.84. The summed E-state index contributed by atoms with van der Waals surface area (Å²) < 4.78 is 10.4. The van der Waals surface area contributed by atoms with E-state index in [1.165, 1.54) is 11.8 Å². The van der Waals surface area contributed by atoms with Crippen molar-refractivity contribution in [1.29, 1.82) is 0 Å². The van der Waals surface area contributed by atoms with Crippen LogP contribution in [0.15, 0.2) is 0 Å². The Kier molecular flexibility index (Phi) is 34.3. The second kappa shape index (κ2) is 32.8. The second-order valence-corrected chi connectivity index (χ2v) is 16.4. The number of rotatable bonds is 29. The van der Waals surface area contributed by atoms with Crippen LogP contribution in [0, 0.1) is 0 Å². The predicted octanol–water partition coefficient (Wildman–Crippen LogP) is 5.81. The Balaban J connectivity index is 3.23. The van der Waals surface area contributed by atoms with Crippen LogP contribution >= 0.6 is 94.1 Å². The molecule has 214 valence electrons. The van der Waals surface area contributed by atoms with E-state index in [0.29, 0.717) is 38.6 Å². The molecule has 0 saturated carbocycles. The number of ether oxygens (including phenoxy) is 2. The van der Waals surface area contributed by atoms with Gasteiger partial charge in [0.15, 0.2) is 0 Å². The average Bonchev–Trinajstić information content (AvgIpc) is 2.87. The fourth-order valence-corrected chi connectivity index (χ4v) is 9.81. The number of thioether (sulfide) groups is 8. The average molecular weight is 661 g/mol. The van der Waals surface area contributed by atoms with E-state index in [4.69, 9.17) is 24.4 Å². The maximum Gasteiger partial charge on any atom is 0.307 e. The zero-order valence-corrected chi connectivity index (χ0v) is 27.4. The smallest absolute Gasteiger partial charge is 0.307 e. The molecule has 36 heavy (non-hydrogen) atoms. The van der Waals surface area contributed by atoms with Crippen LogP contribution in [0.4, 0.5) is 0 Å². The largest absolute Gasteiger partial charge is 0.465 e. The lowest BCUT2D eigenvalue weighted by Gasteiger charge is -2.06. The number of carbonyl (C=O) groups is 2. The minimum absolute atomic E-state index is 0.125. The van der Waals surface area contributed by atoms with Gasteiger partial charge in [0.25, 0.3) is 0 Å². The molecule has 0 aromatic carbocycles. The fourth-order valence-electron chi connectivity index (χ4n) is 1.85. The molecule has 0 saturated heterocycles. The van der Waals surface area contributed by atoms with Crippen molar-refractivity contribution >= 4 is 106 Å². The van der Waals surface area contributed by atoms with Crippen molar-refractivity contribution in [3.63, 3.8) is 0 Å². The molecular formula is C21H40O7S8. The molecule has 0 aromatic heterocycles. The van der Waals surface area contributed by atoms with Gasteiger partial charge in [-0.1, -0.05) is 6.92 Å². The van der Waals surface area contributed by atoms with Crippen LogP contribution < -0.4 is 0 Å². The molecule has 15 heteroatoms. The lowest BCUT2D eigenvalue weighted by Crippen LogP contribution is -2.08. The van der Waals surface area contributed by atoms with Gasteiger partial charge in [0.05, 0.1) is 32.0 Å². The third-order valence-corrected chi connectivity index (χ3v) is 12.4. The van der Waals surface area contributed by atoms with E-state index in [-0.39, 0.29) is 17.9 Å². The van der Waals surface area contributed by atoms with E-state index in [2.05, 4.69) is 0 Å². The number of esters is 2. The Bertz CT molecular complexity index is 495. The zero-order chi connectivity index (χ0) is 26.4. The summed E-state index contributed by atoms with van der Waals surface area (Å²) in [5.74, 6) is 5.24. The summed E-state index contributed by atoms with van der Waals surface area (Å²) in [6.45, 7) is 3.79. The fraction of sp³-hybridized carbons (Fsp3) is 0.905. The molecule has 0 fully saturated rings. The second-order valence-electron chi connectivity index (χ2n) is 6.46. The number of hydrogen-bond acceptors (Lipinski definition) is 15. The highest BCUT2D eigenvalue weighted by Gasteiger charge is 2.05. The van der Waals surface area contributed by atoms with Crippen molar-refractivity contribution in [1.82, 2.24) is 0 Å². The molecule has 0 aromatic rings. The van der Waals surface area contributed by atoms with E-state index >= 15 is 0 Å². The highest BCUT2D eigenvalue weighted by Crippen LogP contribution is 2.20. The first kappa shape index (κ1) is 37.6. The molecule has 7 nitrogen and oxygen atoms in total. The van der Waals surface area contributed by atoms with Gasteiger partial charge in [0, 0.05) is 54.9 Å². The monoisotopic (exact) mass is 660 g/mol. The van der Waals surface area contributed by atoms with E-state index < -0.39 is 0 Å². The molecule has 0 aliphatic heterocycles. The SMILES string of the molecule is CCCOOCCSCSCSCCOC(=O)CCSCSCSCCC(=O)OCSCCSCO. The molecule has 0 unspecified atom stereocenters. The lowest BCUT2D eigenvalue weighted by molar-refractivity contribution is -0.290. The third-order valence-electron chi connectivity index (χ3n) is 3.51. The molecular weight excluding hydrogens is 621 g/mol. The van der Waals surface area contributed by atoms with Crippen molar-refractivity contribution < 1.29 is 33.9 Å². The Morgan fingerprint density at radius 3 is 1.72 bits per heavy atom. The lowest BCUT2D eigenvalue weighted by atomic mass is 10.5. The van der Waals surface area contributed by atoms with E-state index in [1.54, 1.807) is 58.8 Å². The molecule has 0 bridgehead atoms. The predicted molar refractivity (Wildman–Crippen MR) is 170 cm³/mol. The van der Waals surface area contributed by atoms with Crippen LogP contribution in [0.1, 0.15) is 26.2 Å². The number of aliphatic hydroxyl groups is 1. The Morgan fingerprint density at radius 2 is 1.11 bits per heavy atom. The highest BCUT2D eigenvalue weighted by molar-refractivity contribution is 8.23. The number of hydrogen-bond donors (Lipinski definition) is 1. The van der Waals surface area contributed by atoms with Crippen LogP contribution in [0.2, 0.25) is 0 Å². The minimum atomic E-state index is -0.159. The molecule has 0 rings (SSSR count). The molecule has 0 aliphatic rings.